The molecule has 158 valence electrons. The van der Waals surface area contributed by atoms with E-state index in [9.17, 15) is 9.59 Å². The molecule has 33 heavy (non-hydrogen) atoms. The van der Waals surface area contributed by atoms with Crippen molar-refractivity contribution >= 4 is 49.5 Å². The van der Waals surface area contributed by atoms with Crippen LogP contribution in [0.2, 0.25) is 0 Å². The maximum Gasteiger partial charge on any atom is 0.338 e. The number of carbonyl (C=O) groups is 1. The maximum atomic E-state index is 12.9. The average molecular weight is 430 g/mol. The lowest BCUT2D eigenvalue weighted by Crippen LogP contribution is -2.04. The highest BCUT2D eigenvalue weighted by molar-refractivity contribution is 6.20. The van der Waals surface area contributed by atoms with Crippen LogP contribution in [0.3, 0.4) is 0 Å². The van der Waals surface area contributed by atoms with Crippen LogP contribution in [0.25, 0.3) is 54.6 Å². The van der Waals surface area contributed by atoms with Gasteiger partial charge in [-0.1, -0.05) is 66.7 Å². The monoisotopic (exact) mass is 430 g/mol. The molecule has 0 saturated heterocycles. The molecule has 0 bridgehead atoms. The van der Waals surface area contributed by atoms with Crippen LogP contribution < -0.4 is 5.43 Å². The van der Waals surface area contributed by atoms with Gasteiger partial charge in [0, 0.05) is 21.7 Å². The number of hydrogen-bond donors (Lipinski definition) is 0. The molecule has 0 radical (unpaired) electrons. The SMILES string of the molecule is COC(=O)c1ccccc1-c1c2ccc3ccccc3c2oc2c1ccc1cccc(=O)c12. The van der Waals surface area contributed by atoms with Crippen molar-refractivity contribution < 1.29 is 13.9 Å². The van der Waals surface area contributed by atoms with Crippen molar-refractivity contribution in [2.24, 2.45) is 0 Å². The van der Waals surface area contributed by atoms with Crippen LogP contribution in [0.4, 0.5) is 0 Å². The lowest BCUT2D eigenvalue weighted by molar-refractivity contribution is 0.0601. The third-order valence-corrected chi connectivity index (χ3v) is 6.18. The van der Waals surface area contributed by atoms with E-state index in [2.05, 4.69) is 0 Å². The van der Waals surface area contributed by atoms with Gasteiger partial charge in [-0.25, -0.2) is 4.79 Å². The molecule has 0 N–H and O–H groups in total. The Morgan fingerprint density at radius 1 is 0.697 bits per heavy atom. The van der Waals surface area contributed by atoms with E-state index in [1.54, 1.807) is 18.2 Å². The minimum Gasteiger partial charge on any atom is -0.465 e. The van der Waals surface area contributed by atoms with Gasteiger partial charge in [-0.05, 0) is 40.6 Å². The van der Waals surface area contributed by atoms with E-state index in [0.29, 0.717) is 22.1 Å². The van der Waals surface area contributed by atoms with Crippen molar-refractivity contribution in [1.82, 2.24) is 0 Å². The number of rotatable bonds is 2. The van der Waals surface area contributed by atoms with E-state index in [4.69, 9.17) is 9.15 Å². The fourth-order valence-electron chi connectivity index (χ4n) is 4.69. The van der Waals surface area contributed by atoms with Crippen LogP contribution in [-0.2, 0) is 4.74 Å². The second kappa shape index (κ2) is 7.31. The molecule has 0 amide bonds. The number of benzene rings is 5. The minimum absolute atomic E-state index is 0.103. The largest absolute Gasteiger partial charge is 0.465 e. The van der Waals surface area contributed by atoms with Gasteiger partial charge >= 0.3 is 5.97 Å². The standard InChI is InChI=1S/C29H18O4/c1-32-29(31)21-11-5-4-10-20(21)26-22-15-13-17-7-2-3-9-19(17)27(22)33-28-23(26)16-14-18-8-6-12-24(30)25(18)28/h2-16H,1H3. The molecular formula is C29H18O4. The van der Waals surface area contributed by atoms with Crippen molar-refractivity contribution in [3.63, 3.8) is 0 Å². The lowest BCUT2D eigenvalue weighted by Gasteiger charge is -2.16. The zero-order valence-electron chi connectivity index (χ0n) is 17.8. The van der Waals surface area contributed by atoms with E-state index < -0.39 is 5.97 Å². The van der Waals surface area contributed by atoms with Gasteiger partial charge in [-0.3, -0.25) is 4.79 Å². The molecule has 0 saturated carbocycles. The van der Waals surface area contributed by atoms with Crippen molar-refractivity contribution in [3.8, 4) is 11.1 Å². The second-order valence-electron chi connectivity index (χ2n) is 7.97. The smallest absolute Gasteiger partial charge is 0.338 e. The number of hydrogen-bond acceptors (Lipinski definition) is 4. The fourth-order valence-corrected chi connectivity index (χ4v) is 4.69. The van der Waals surface area contributed by atoms with Crippen LogP contribution in [-0.4, -0.2) is 13.1 Å². The summed E-state index contributed by atoms with van der Waals surface area (Å²) in [5.74, 6) is -0.418. The van der Waals surface area contributed by atoms with E-state index >= 15 is 0 Å². The van der Waals surface area contributed by atoms with Crippen LogP contribution >= 0.6 is 0 Å². The number of fused-ring (bicyclic) bond motifs is 6. The molecule has 0 fully saturated rings. The normalized spacial score (nSPS) is 11.4. The topological polar surface area (TPSA) is 56.5 Å². The minimum atomic E-state index is -0.418. The van der Waals surface area contributed by atoms with Crippen molar-refractivity contribution in [3.05, 3.63) is 107 Å². The van der Waals surface area contributed by atoms with Crippen LogP contribution in [0.5, 0.6) is 0 Å². The summed E-state index contributed by atoms with van der Waals surface area (Å²) in [6, 6.07) is 28.5. The summed E-state index contributed by atoms with van der Waals surface area (Å²) in [6.07, 6.45) is 0. The Bertz CT molecular complexity index is 1790. The molecule has 0 aliphatic heterocycles. The Kier molecular flexibility index (Phi) is 4.27. The van der Waals surface area contributed by atoms with Crippen LogP contribution in [0.15, 0.2) is 100 Å². The molecule has 6 aromatic rings. The van der Waals surface area contributed by atoms with Gasteiger partial charge in [0.2, 0.25) is 0 Å². The highest BCUT2D eigenvalue weighted by Gasteiger charge is 2.21. The first kappa shape index (κ1) is 19.3. The zero-order chi connectivity index (χ0) is 22.5. The Labute approximate surface area is 188 Å². The van der Waals surface area contributed by atoms with E-state index in [1.165, 1.54) is 7.11 Å². The van der Waals surface area contributed by atoms with Crippen molar-refractivity contribution in [1.29, 1.82) is 0 Å². The van der Waals surface area contributed by atoms with E-state index in [1.807, 2.05) is 72.8 Å². The summed E-state index contributed by atoms with van der Waals surface area (Å²) in [5, 5.41) is 4.94. The summed E-state index contributed by atoms with van der Waals surface area (Å²) in [4.78, 5) is 25.6. The molecule has 1 aromatic heterocycles. The Hall–Kier alpha value is -4.44. The van der Waals surface area contributed by atoms with Gasteiger partial charge < -0.3 is 9.15 Å². The number of ether oxygens (including phenoxy) is 1. The molecule has 0 aliphatic carbocycles. The fraction of sp³-hybridized carbons (Fsp3) is 0.0345. The summed E-state index contributed by atoms with van der Waals surface area (Å²) < 4.78 is 11.6. The molecule has 0 aliphatic rings. The third kappa shape index (κ3) is 2.84. The van der Waals surface area contributed by atoms with Gasteiger partial charge in [0.25, 0.3) is 0 Å². The molecule has 4 heteroatoms. The summed E-state index contributed by atoms with van der Waals surface area (Å²) in [7, 11) is 1.38. The summed E-state index contributed by atoms with van der Waals surface area (Å²) in [6.45, 7) is 0. The lowest BCUT2D eigenvalue weighted by atomic mass is 9.91. The number of esters is 1. The third-order valence-electron chi connectivity index (χ3n) is 6.18. The van der Waals surface area contributed by atoms with E-state index in [-0.39, 0.29) is 5.43 Å². The average Bonchev–Trinajstić information content (AvgIpc) is 2.86. The Morgan fingerprint density at radius 3 is 2.24 bits per heavy atom. The highest BCUT2D eigenvalue weighted by Crippen LogP contribution is 2.42. The first-order valence-electron chi connectivity index (χ1n) is 10.6. The second-order valence-corrected chi connectivity index (χ2v) is 7.97. The van der Waals surface area contributed by atoms with Gasteiger partial charge in [-0.2, -0.15) is 0 Å². The molecule has 0 unspecified atom stereocenters. The van der Waals surface area contributed by atoms with Crippen molar-refractivity contribution in [2.75, 3.05) is 7.11 Å². The van der Waals surface area contributed by atoms with Gasteiger partial charge in [0.05, 0.1) is 18.1 Å². The number of carbonyl (C=O) groups excluding carboxylic acids is 1. The van der Waals surface area contributed by atoms with Crippen LogP contribution in [0, 0.1) is 0 Å². The van der Waals surface area contributed by atoms with Gasteiger partial charge in [-0.15, -0.1) is 0 Å². The van der Waals surface area contributed by atoms with Gasteiger partial charge in [0.15, 0.2) is 5.43 Å². The molecule has 6 rings (SSSR count). The Balaban J connectivity index is 1.91. The molecule has 1 heterocycles. The number of methoxy groups -OCH3 is 1. The summed E-state index contributed by atoms with van der Waals surface area (Å²) in [5.41, 5.74) is 3.10. The molecule has 4 nitrogen and oxygen atoms in total. The Morgan fingerprint density at radius 2 is 1.39 bits per heavy atom. The van der Waals surface area contributed by atoms with Crippen LogP contribution in [0.1, 0.15) is 10.4 Å². The van der Waals surface area contributed by atoms with Crippen molar-refractivity contribution in [2.45, 2.75) is 0 Å². The zero-order valence-corrected chi connectivity index (χ0v) is 17.8. The summed E-state index contributed by atoms with van der Waals surface area (Å²) >= 11 is 0. The molecular weight excluding hydrogens is 412 g/mol. The van der Waals surface area contributed by atoms with E-state index in [0.717, 1.165) is 38.1 Å². The van der Waals surface area contributed by atoms with Gasteiger partial charge in [0.1, 0.15) is 11.2 Å². The predicted octanol–water partition coefficient (Wildman–Crippen LogP) is 6.71. The quantitative estimate of drug-likeness (QED) is 0.174. The predicted molar refractivity (Wildman–Crippen MR) is 132 cm³/mol. The highest BCUT2D eigenvalue weighted by atomic mass is 16.5. The first-order chi connectivity index (χ1) is 16.2. The molecule has 0 atom stereocenters. The molecule has 5 aromatic carbocycles. The first-order valence-corrected chi connectivity index (χ1v) is 10.6. The maximum absolute atomic E-state index is 12.9. The molecule has 0 spiro atoms.